The number of amides is 1. The Morgan fingerprint density at radius 1 is 1.25 bits per heavy atom. The van der Waals surface area contributed by atoms with Gasteiger partial charge in [-0.15, -0.1) is 0 Å². The molecule has 0 aromatic carbocycles. The summed E-state index contributed by atoms with van der Waals surface area (Å²) >= 11 is 3.28. The normalized spacial score (nSPS) is 11.7. The average Bonchev–Trinajstić information content (AvgIpc) is 2.75. The highest BCUT2D eigenvalue weighted by Gasteiger charge is 2.19. The van der Waals surface area contributed by atoms with Gasteiger partial charge in [0.1, 0.15) is 22.9 Å². The van der Waals surface area contributed by atoms with E-state index in [4.69, 9.17) is 0 Å². The van der Waals surface area contributed by atoms with Crippen molar-refractivity contribution in [1.29, 1.82) is 0 Å². The maximum Gasteiger partial charge on any atom is 0.266 e. The van der Waals surface area contributed by atoms with Gasteiger partial charge >= 0.3 is 0 Å². The first-order valence-electron chi connectivity index (χ1n) is 8.06. The minimum Gasteiger partial charge on any atom is -0.341 e. The monoisotopic (exact) mass is 397 g/mol. The second-order valence-electron chi connectivity index (χ2n) is 6.88. The molecule has 2 aromatic heterocycles. The molecule has 0 N–H and O–H groups in total. The Balaban J connectivity index is 2.30. The largest absolute Gasteiger partial charge is 0.341 e. The first kappa shape index (κ1) is 18.6. The summed E-state index contributed by atoms with van der Waals surface area (Å²) in [5.74, 6) is 0.677. The zero-order chi connectivity index (χ0) is 18.0. The predicted octanol–water partition coefficient (Wildman–Crippen LogP) is 2.03. The first-order valence-corrected chi connectivity index (χ1v) is 8.85. The molecule has 0 unspecified atom stereocenters. The SMILES string of the molecule is CC(C)CN(CC(C)C)C(=O)Cn1cnc2c(c(Br)nn2C)c1=O. The van der Waals surface area contributed by atoms with Crippen LogP contribution in [-0.4, -0.2) is 43.2 Å². The Bertz CT molecular complexity index is 784. The van der Waals surface area contributed by atoms with Crippen molar-refractivity contribution < 1.29 is 4.79 Å². The van der Waals surface area contributed by atoms with Crippen molar-refractivity contribution in [2.75, 3.05) is 13.1 Å². The fourth-order valence-electron chi connectivity index (χ4n) is 2.65. The van der Waals surface area contributed by atoms with E-state index in [0.717, 1.165) is 0 Å². The lowest BCUT2D eigenvalue weighted by Crippen LogP contribution is -2.40. The van der Waals surface area contributed by atoms with Gasteiger partial charge in [0.15, 0.2) is 5.65 Å². The topological polar surface area (TPSA) is 73.0 Å². The Morgan fingerprint density at radius 2 is 1.83 bits per heavy atom. The molecule has 7 nitrogen and oxygen atoms in total. The zero-order valence-corrected chi connectivity index (χ0v) is 16.4. The third kappa shape index (κ3) is 4.03. The lowest BCUT2D eigenvalue weighted by Gasteiger charge is -2.26. The van der Waals surface area contributed by atoms with E-state index >= 15 is 0 Å². The number of carbonyl (C=O) groups excluding carboxylic acids is 1. The fraction of sp³-hybridized carbons (Fsp3) is 0.625. The summed E-state index contributed by atoms with van der Waals surface area (Å²) < 4.78 is 3.34. The minimum atomic E-state index is -0.262. The standard InChI is InChI=1S/C16H24BrN5O2/c1-10(2)6-21(7-11(3)4)12(23)8-22-9-18-15-13(16(22)24)14(17)19-20(15)5/h9-11H,6-8H2,1-5H3. The first-order chi connectivity index (χ1) is 11.2. The molecule has 0 spiro atoms. The Labute approximate surface area is 149 Å². The van der Waals surface area contributed by atoms with Gasteiger partial charge in [-0.1, -0.05) is 27.7 Å². The van der Waals surface area contributed by atoms with Gasteiger partial charge in [0.25, 0.3) is 5.56 Å². The van der Waals surface area contributed by atoms with E-state index in [1.54, 1.807) is 7.05 Å². The lowest BCUT2D eigenvalue weighted by atomic mass is 10.1. The van der Waals surface area contributed by atoms with Crippen molar-refractivity contribution in [1.82, 2.24) is 24.2 Å². The van der Waals surface area contributed by atoms with E-state index in [2.05, 4.69) is 53.7 Å². The molecule has 0 aliphatic rings. The minimum absolute atomic E-state index is 0.0114. The van der Waals surface area contributed by atoms with Crippen LogP contribution in [0, 0.1) is 11.8 Å². The summed E-state index contributed by atoms with van der Waals surface area (Å²) in [5.41, 5.74) is 0.235. The number of nitrogens with zero attached hydrogens (tertiary/aromatic N) is 5. The molecule has 132 valence electrons. The highest BCUT2D eigenvalue weighted by molar-refractivity contribution is 9.10. The van der Waals surface area contributed by atoms with Crippen LogP contribution >= 0.6 is 15.9 Å². The summed E-state index contributed by atoms with van der Waals surface area (Å²) in [6.07, 6.45) is 1.42. The summed E-state index contributed by atoms with van der Waals surface area (Å²) in [7, 11) is 1.72. The molecule has 2 aromatic rings. The predicted molar refractivity (Wildman–Crippen MR) is 96.7 cm³/mol. The Morgan fingerprint density at radius 3 is 2.38 bits per heavy atom. The third-order valence-corrected chi connectivity index (χ3v) is 4.15. The number of hydrogen-bond donors (Lipinski definition) is 0. The number of carbonyl (C=O) groups is 1. The van der Waals surface area contributed by atoms with Crippen molar-refractivity contribution >= 4 is 32.9 Å². The van der Waals surface area contributed by atoms with Crippen LogP contribution in [0.25, 0.3) is 11.0 Å². The van der Waals surface area contributed by atoms with E-state index in [0.29, 0.717) is 40.6 Å². The molecular weight excluding hydrogens is 374 g/mol. The van der Waals surface area contributed by atoms with Crippen LogP contribution in [0.1, 0.15) is 27.7 Å². The summed E-state index contributed by atoms with van der Waals surface area (Å²) in [5, 5.41) is 4.54. The molecule has 0 bridgehead atoms. The van der Waals surface area contributed by atoms with Crippen LogP contribution < -0.4 is 5.56 Å². The molecule has 2 heterocycles. The van der Waals surface area contributed by atoms with Crippen LogP contribution in [0.15, 0.2) is 15.7 Å². The van der Waals surface area contributed by atoms with Gasteiger partial charge < -0.3 is 4.90 Å². The van der Waals surface area contributed by atoms with Crippen LogP contribution in [0.3, 0.4) is 0 Å². The second-order valence-corrected chi connectivity index (χ2v) is 7.63. The molecule has 0 aliphatic carbocycles. The second kappa shape index (κ2) is 7.46. The van der Waals surface area contributed by atoms with Gasteiger partial charge in [-0.2, -0.15) is 5.10 Å². The maximum atomic E-state index is 12.7. The van der Waals surface area contributed by atoms with Gasteiger partial charge in [0, 0.05) is 20.1 Å². The maximum absolute atomic E-state index is 12.7. The summed E-state index contributed by atoms with van der Waals surface area (Å²) in [6.45, 7) is 9.65. The smallest absolute Gasteiger partial charge is 0.266 e. The van der Waals surface area contributed by atoms with Gasteiger partial charge in [-0.05, 0) is 27.8 Å². The summed E-state index contributed by atoms with van der Waals surface area (Å²) in [6, 6.07) is 0. The molecule has 1 amide bonds. The Hall–Kier alpha value is -1.70. The van der Waals surface area contributed by atoms with Crippen molar-refractivity contribution in [3.05, 3.63) is 21.3 Å². The van der Waals surface area contributed by atoms with Crippen molar-refractivity contribution in [3.63, 3.8) is 0 Å². The van der Waals surface area contributed by atoms with Crippen molar-refractivity contribution in [3.8, 4) is 0 Å². The molecule has 2 rings (SSSR count). The molecular formula is C16H24BrN5O2. The van der Waals surface area contributed by atoms with Gasteiger partial charge in [-0.3, -0.25) is 14.2 Å². The molecule has 0 atom stereocenters. The highest BCUT2D eigenvalue weighted by atomic mass is 79.9. The third-order valence-electron chi connectivity index (χ3n) is 3.60. The van der Waals surface area contributed by atoms with E-state index in [1.165, 1.54) is 15.6 Å². The lowest BCUT2D eigenvalue weighted by molar-refractivity contribution is -0.133. The number of halogens is 1. The molecule has 0 aliphatic heterocycles. The van der Waals surface area contributed by atoms with Crippen molar-refractivity contribution in [2.45, 2.75) is 34.2 Å². The van der Waals surface area contributed by atoms with E-state index < -0.39 is 0 Å². The average molecular weight is 398 g/mol. The molecule has 8 heteroatoms. The van der Waals surface area contributed by atoms with E-state index in [1.807, 2.05) is 4.90 Å². The molecule has 0 fully saturated rings. The summed E-state index contributed by atoms with van der Waals surface area (Å²) in [4.78, 5) is 31.4. The van der Waals surface area contributed by atoms with Crippen LogP contribution in [-0.2, 0) is 18.4 Å². The van der Waals surface area contributed by atoms with Crippen molar-refractivity contribution in [2.24, 2.45) is 18.9 Å². The molecule has 0 saturated carbocycles. The highest BCUT2D eigenvalue weighted by Crippen LogP contribution is 2.16. The van der Waals surface area contributed by atoms with Crippen LogP contribution in [0.5, 0.6) is 0 Å². The van der Waals surface area contributed by atoms with Gasteiger partial charge in [0.05, 0.1) is 0 Å². The Kier molecular flexibility index (Phi) is 5.79. The quantitative estimate of drug-likeness (QED) is 0.747. The number of fused-ring (bicyclic) bond motifs is 1. The molecule has 0 saturated heterocycles. The number of aryl methyl sites for hydroxylation is 1. The van der Waals surface area contributed by atoms with Crippen LogP contribution in [0.2, 0.25) is 0 Å². The van der Waals surface area contributed by atoms with Crippen LogP contribution in [0.4, 0.5) is 0 Å². The molecule has 24 heavy (non-hydrogen) atoms. The number of rotatable bonds is 6. The number of aromatic nitrogens is 4. The zero-order valence-electron chi connectivity index (χ0n) is 14.8. The number of hydrogen-bond acceptors (Lipinski definition) is 4. The van der Waals surface area contributed by atoms with E-state index in [-0.39, 0.29) is 18.0 Å². The molecule has 0 radical (unpaired) electrons. The van der Waals surface area contributed by atoms with Gasteiger partial charge in [-0.25, -0.2) is 9.67 Å². The van der Waals surface area contributed by atoms with Gasteiger partial charge in [0.2, 0.25) is 5.91 Å². The van der Waals surface area contributed by atoms with E-state index in [9.17, 15) is 9.59 Å². The fourth-order valence-corrected chi connectivity index (χ4v) is 3.24.